The van der Waals surface area contributed by atoms with Crippen molar-refractivity contribution in [2.24, 2.45) is 0 Å². The molecule has 0 aliphatic carbocycles. The third kappa shape index (κ3) is 3.59. The fraction of sp³-hybridized carbons (Fsp3) is 0.150. The number of carbonyl (C=O) groups excluding carboxylic acids is 1. The maximum atomic E-state index is 12.1. The number of rotatable bonds is 4. The minimum absolute atomic E-state index is 0. The van der Waals surface area contributed by atoms with Crippen LogP contribution in [0, 0.1) is 6.92 Å². The summed E-state index contributed by atoms with van der Waals surface area (Å²) in [5.74, 6) is 0.763. The van der Waals surface area contributed by atoms with Crippen LogP contribution < -0.4 is 5.73 Å². The Morgan fingerprint density at radius 1 is 1.14 bits per heavy atom. The molecule has 0 saturated carbocycles. The van der Waals surface area contributed by atoms with Gasteiger partial charge in [-0.1, -0.05) is 12.1 Å². The lowest BCUT2D eigenvalue weighted by atomic mass is 10.1. The maximum Gasteiger partial charge on any atom is 0.270 e. The van der Waals surface area contributed by atoms with E-state index in [9.17, 15) is 4.79 Å². The van der Waals surface area contributed by atoms with Gasteiger partial charge in [0.05, 0.1) is 16.8 Å². The molecule has 0 aliphatic heterocycles. The van der Waals surface area contributed by atoms with Crippen LogP contribution in [0.25, 0.3) is 33.6 Å². The minimum Gasteiger partial charge on any atom is -0.414 e. The summed E-state index contributed by atoms with van der Waals surface area (Å²) >= 11 is 1.53. The second-order valence-electron chi connectivity index (χ2n) is 6.61. The van der Waals surface area contributed by atoms with Gasteiger partial charge in [0.15, 0.2) is 11.5 Å². The van der Waals surface area contributed by atoms with Crippen molar-refractivity contribution in [2.75, 3.05) is 19.8 Å². The number of nitrogens with two attached hydrogens (primary N) is 1. The van der Waals surface area contributed by atoms with Gasteiger partial charge in [-0.05, 0) is 36.1 Å². The largest absolute Gasteiger partial charge is 0.414 e. The number of anilines is 1. The first kappa shape index (κ1) is 18.8. The summed E-state index contributed by atoms with van der Waals surface area (Å²) < 4.78 is 5.80. The Labute approximate surface area is 174 Å². The molecule has 29 heavy (non-hydrogen) atoms. The second-order valence-corrected chi connectivity index (χ2v) is 7.53. The highest BCUT2D eigenvalue weighted by molar-refractivity contribution is 7.13. The van der Waals surface area contributed by atoms with E-state index in [4.69, 9.17) is 10.2 Å². The topological polar surface area (TPSA) is 111 Å². The Morgan fingerprint density at radius 2 is 1.86 bits per heavy atom. The van der Waals surface area contributed by atoms with Crippen molar-refractivity contribution in [2.45, 2.75) is 6.92 Å². The van der Waals surface area contributed by atoms with Crippen LogP contribution in [0.2, 0.25) is 0 Å². The summed E-state index contributed by atoms with van der Waals surface area (Å²) in [7, 11) is 3.43. The van der Waals surface area contributed by atoms with Crippen LogP contribution in [-0.4, -0.2) is 45.1 Å². The number of nitrogens with zero attached hydrogens (tertiary/aromatic N) is 5. The molecule has 3 heterocycles. The zero-order valence-electron chi connectivity index (χ0n) is 16.1. The molecule has 0 unspecified atom stereocenters. The molecule has 0 atom stereocenters. The van der Waals surface area contributed by atoms with Gasteiger partial charge < -0.3 is 15.1 Å². The monoisotopic (exact) mass is 410 g/mol. The van der Waals surface area contributed by atoms with Crippen LogP contribution in [0.4, 0.5) is 5.82 Å². The minimum atomic E-state index is -0.0668. The SMILES string of the molecule is Cc1ccsc1-c1nnc(-c2nc(-c3ccc(C(=O)N(C)C)cc3)cnc2N)o1.[HH].[HH]. The predicted molar refractivity (Wildman–Crippen MR) is 115 cm³/mol. The standard InChI is InChI=1S/C20H18N6O2S.2H2/c1-11-8-9-29-16(11)19-25-24-18(28-19)15-17(21)22-10-14(23-15)12-4-6-13(7-5-12)20(27)26(2)3;;/h4-10H,1-3H3,(H2,21,22);2*1H. The Bertz CT molecular complexity index is 1190. The first-order valence-electron chi connectivity index (χ1n) is 8.77. The van der Waals surface area contributed by atoms with Crippen molar-refractivity contribution in [3.05, 3.63) is 53.0 Å². The van der Waals surface area contributed by atoms with Crippen molar-refractivity contribution < 1.29 is 12.1 Å². The Balaban J connectivity index is 0.00000171. The van der Waals surface area contributed by atoms with Crippen molar-refractivity contribution in [1.82, 2.24) is 25.1 Å². The van der Waals surface area contributed by atoms with Gasteiger partial charge in [0.25, 0.3) is 17.7 Å². The lowest BCUT2D eigenvalue weighted by molar-refractivity contribution is 0.0827. The summed E-state index contributed by atoms with van der Waals surface area (Å²) in [5.41, 5.74) is 9.36. The molecular weight excluding hydrogens is 388 g/mol. The number of aromatic nitrogens is 4. The fourth-order valence-electron chi connectivity index (χ4n) is 2.74. The number of amides is 1. The quantitative estimate of drug-likeness (QED) is 0.541. The summed E-state index contributed by atoms with van der Waals surface area (Å²) in [6.45, 7) is 1.98. The van der Waals surface area contributed by atoms with Crippen LogP contribution >= 0.6 is 11.3 Å². The van der Waals surface area contributed by atoms with Gasteiger partial charge in [-0.25, -0.2) is 9.97 Å². The normalized spacial score (nSPS) is 10.9. The number of aryl methyl sites for hydroxylation is 1. The second kappa shape index (κ2) is 7.44. The zero-order valence-corrected chi connectivity index (χ0v) is 16.9. The molecule has 0 bridgehead atoms. The van der Waals surface area contributed by atoms with Gasteiger partial charge in [0, 0.05) is 28.1 Å². The molecule has 9 heteroatoms. The molecule has 2 N–H and O–H groups in total. The molecule has 1 amide bonds. The van der Waals surface area contributed by atoms with E-state index in [0.29, 0.717) is 22.8 Å². The van der Waals surface area contributed by atoms with Crippen molar-refractivity contribution in [3.8, 4) is 33.6 Å². The number of hydrogen-bond donors (Lipinski definition) is 1. The van der Waals surface area contributed by atoms with E-state index >= 15 is 0 Å². The van der Waals surface area contributed by atoms with Crippen LogP contribution in [-0.2, 0) is 0 Å². The number of carbonyl (C=O) groups is 1. The van der Waals surface area contributed by atoms with Gasteiger partial charge in [0.2, 0.25) is 0 Å². The smallest absolute Gasteiger partial charge is 0.270 e. The van der Waals surface area contributed by atoms with Crippen molar-refractivity contribution >= 4 is 23.1 Å². The molecule has 150 valence electrons. The highest BCUT2D eigenvalue weighted by atomic mass is 32.1. The first-order chi connectivity index (χ1) is 13.9. The van der Waals surface area contributed by atoms with E-state index in [2.05, 4.69) is 20.2 Å². The fourth-order valence-corrected chi connectivity index (χ4v) is 3.58. The van der Waals surface area contributed by atoms with Crippen molar-refractivity contribution in [3.63, 3.8) is 0 Å². The lowest BCUT2D eigenvalue weighted by Gasteiger charge is -2.10. The molecule has 0 saturated heterocycles. The molecule has 1 aromatic carbocycles. The van der Waals surface area contributed by atoms with Crippen LogP contribution in [0.5, 0.6) is 0 Å². The molecule has 4 rings (SSSR count). The molecular formula is C20H22N6O2S. The van der Waals surface area contributed by atoms with E-state index < -0.39 is 0 Å². The summed E-state index contributed by atoms with van der Waals surface area (Å²) in [4.78, 5) is 23.3. The molecule has 8 nitrogen and oxygen atoms in total. The third-order valence-corrected chi connectivity index (χ3v) is 5.32. The Hall–Kier alpha value is -3.59. The lowest BCUT2D eigenvalue weighted by Crippen LogP contribution is -2.21. The first-order valence-corrected chi connectivity index (χ1v) is 9.65. The van der Waals surface area contributed by atoms with Gasteiger partial charge in [-0.3, -0.25) is 4.79 Å². The highest BCUT2D eigenvalue weighted by Gasteiger charge is 2.18. The third-order valence-electron chi connectivity index (χ3n) is 4.32. The molecule has 0 fully saturated rings. The predicted octanol–water partition coefficient (Wildman–Crippen LogP) is 4.01. The van der Waals surface area contributed by atoms with E-state index in [1.807, 2.05) is 30.5 Å². The average Bonchev–Trinajstić information content (AvgIpc) is 3.36. The van der Waals surface area contributed by atoms with Gasteiger partial charge in [0.1, 0.15) is 0 Å². The number of nitrogen functional groups attached to an aromatic ring is 1. The van der Waals surface area contributed by atoms with E-state index in [-0.39, 0.29) is 20.5 Å². The van der Waals surface area contributed by atoms with Crippen molar-refractivity contribution in [1.29, 1.82) is 0 Å². The van der Waals surface area contributed by atoms with Crippen LogP contribution in [0.3, 0.4) is 0 Å². The summed E-state index contributed by atoms with van der Waals surface area (Å²) in [6, 6.07) is 9.12. The number of benzene rings is 1. The van der Waals surface area contributed by atoms with Gasteiger partial charge in [-0.15, -0.1) is 21.5 Å². The number of thiophene rings is 1. The zero-order chi connectivity index (χ0) is 20.5. The summed E-state index contributed by atoms with van der Waals surface area (Å²) in [5, 5.41) is 10.2. The molecule has 0 radical (unpaired) electrons. The number of hydrogen-bond acceptors (Lipinski definition) is 8. The van der Waals surface area contributed by atoms with E-state index in [1.54, 1.807) is 32.4 Å². The Kier molecular flexibility index (Phi) is 4.81. The van der Waals surface area contributed by atoms with Crippen LogP contribution in [0.1, 0.15) is 18.8 Å². The molecule has 4 aromatic rings. The summed E-state index contributed by atoms with van der Waals surface area (Å²) in [6.07, 6.45) is 1.57. The Morgan fingerprint density at radius 3 is 2.52 bits per heavy atom. The molecule has 3 aromatic heterocycles. The van der Waals surface area contributed by atoms with E-state index in [0.717, 1.165) is 16.0 Å². The molecule has 0 aliphatic rings. The highest BCUT2D eigenvalue weighted by Crippen LogP contribution is 2.31. The van der Waals surface area contributed by atoms with Gasteiger partial charge >= 0.3 is 0 Å². The molecule has 0 spiro atoms. The van der Waals surface area contributed by atoms with Gasteiger partial charge in [-0.2, -0.15) is 0 Å². The van der Waals surface area contributed by atoms with Crippen LogP contribution in [0.15, 0.2) is 46.3 Å². The van der Waals surface area contributed by atoms with E-state index in [1.165, 1.54) is 16.2 Å². The maximum absolute atomic E-state index is 12.1. The average molecular weight is 411 g/mol.